The molecule has 0 saturated heterocycles. The summed E-state index contributed by atoms with van der Waals surface area (Å²) in [4.78, 5) is 15.2. The predicted molar refractivity (Wildman–Crippen MR) is 108 cm³/mol. The summed E-state index contributed by atoms with van der Waals surface area (Å²) >= 11 is 0. The average molecular weight is 362 g/mol. The zero-order chi connectivity index (χ0) is 19.1. The average Bonchev–Trinajstić information content (AvgIpc) is 3.17. The molecule has 4 nitrogen and oxygen atoms in total. The Bertz CT molecular complexity index is 975. The van der Waals surface area contributed by atoms with Crippen LogP contribution in [0, 0.1) is 12.8 Å². The van der Waals surface area contributed by atoms with Crippen LogP contribution in [0.25, 0.3) is 10.9 Å². The lowest BCUT2D eigenvalue weighted by Gasteiger charge is -2.29. The third-order valence-electron chi connectivity index (χ3n) is 5.70. The molecule has 1 aromatic heterocycles. The van der Waals surface area contributed by atoms with Crippen LogP contribution in [0.2, 0.25) is 0 Å². The second-order valence-corrected chi connectivity index (χ2v) is 7.44. The van der Waals surface area contributed by atoms with Crippen molar-refractivity contribution in [3.05, 3.63) is 71.4 Å². The molecule has 2 aromatic carbocycles. The molecular formula is C23H26N2O2. The lowest BCUT2D eigenvalue weighted by molar-refractivity contribution is -0.151. The molecule has 0 fully saturated rings. The third-order valence-corrected chi connectivity index (χ3v) is 5.70. The second kappa shape index (κ2) is 6.86. The van der Waals surface area contributed by atoms with E-state index in [4.69, 9.17) is 4.74 Å². The molecule has 0 radical (unpaired) electrons. The zero-order valence-electron chi connectivity index (χ0n) is 16.3. The number of carbonyl (C=O) groups is 1. The van der Waals surface area contributed by atoms with Gasteiger partial charge in [0.25, 0.3) is 0 Å². The van der Waals surface area contributed by atoms with Gasteiger partial charge in [-0.2, -0.15) is 0 Å². The van der Waals surface area contributed by atoms with E-state index in [1.807, 2.05) is 39.2 Å². The van der Waals surface area contributed by atoms with Crippen LogP contribution in [0.1, 0.15) is 35.8 Å². The van der Waals surface area contributed by atoms with E-state index in [9.17, 15) is 4.79 Å². The van der Waals surface area contributed by atoms with Gasteiger partial charge in [0.2, 0.25) is 0 Å². The number of esters is 1. The van der Waals surface area contributed by atoms with E-state index >= 15 is 0 Å². The van der Waals surface area contributed by atoms with E-state index in [2.05, 4.69) is 52.8 Å². The lowest BCUT2D eigenvalue weighted by Crippen LogP contribution is -2.35. The SMILES string of the molecule is CCOC(=O)[C@H]1[C@H](c2ccccc2)c2c(C)c3ccccc3n2[C@@H]1N(C)C. The molecule has 1 aliphatic rings. The highest BCUT2D eigenvalue weighted by atomic mass is 16.5. The van der Waals surface area contributed by atoms with Crippen molar-refractivity contribution in [1.29, 1.82) is 0 Å². The fourth-order valence-electron chi connectivity index (χ4n) is 4.69. The minimum Gasteiger partial charge on any atom is -0.466 e. The van der Waals surface area contributed by atoms with Crippen molar-refractivity contribution in [2.45, 2.75) is 25.9 Å². The van der Waals surface area contributed by atoms with Gasteiger partial charge in [-0.15, -0.1) is 0 Å². The number of rotatable bonds is 4. The number of hydrogen-bond acceptors (Lipinski definition) is 3. The summed E-state index contributed by atoms with van der Waals surface area (Å²) in [6.07, 6.45) is -0.0807. The van der Waals surface area contributed by atoms with Gasteiger partial charge < -0.3 is 9.30 Å². The largest absolute Gasteiger partial charge is 0.466 e. The Labute approximate surface area is 160 Å². The Morgan fingerprint density at radius 1 is 1.07 bits per heavy atom. The summed E-state index contributed by atoms with van der Waals surface area (Å²) in [5, 5.41) is 1.25. The summed E-state index contributed by atoms with van der Waals surface area (Å²) in [6, 6.07) is 18.8. The van der Waals surface area contributed by atoms with Crippen LogP contribution >= 0.6 is 0 Å². The topological polar surface area (TPSA) is 34.5 Å². The van der Waals surface area contributed by atoms with E-state index in [1.165, 1.54) is 22.2 Å². The minimum absolute atomic E-state index is 0.0231. The molecule has 0 unspecified atom stereocenters. The summed E-state index contributed by atoms with van der Waals surface area (Å²) < 4.78 is 7.88. The first kappa shape index (κ1) is 17.8. The number of aryl methyl sites for hydroxylation is 1. The third kappa shape index (κ3) is 2.67. The van der Waals surface area contributed by atoms with Crippen LogP contribution in [0.3, 0.4) is 0 Å². The lowest BCUT2D eigenvalue weighted by atomic mass is 9.83. The van der Waals surface area contributed by atoms with E-state index in [0.717, 1.165) is 5.56 Å². The fraction of sp³-hybridized carbons (Fsp3) is 0.348. The van der Waals surface area contributed by atoms with Crippen molar-refractivity contribution in [2.75, 3.05) is 20.7 Å². The number of aromatic nitrogens is 1. The first-order valence-electron chi connectivity index (χ1n) is 9.53. The summed E-state index contributed by atoms with van der Waals surface area (Å²) in [5.41, 5.74) is 4.81. The Morgan fingerprint density at radius 3 is 2.41 bits per heavy atom. The van der Waals surface area contributed by atoms with Crippen LogP contribution in [0.4, 0.5) is 0 Å². The second-order valence-electron chi connectivity index (χ2n) is 7.44. The number of benzene rings is 2. The molecule has 4 heteroatoms. The molecule has 0 aliphatic carbocycles. The molecule has 0 saturated carbocycles. The molecule has 0 N–H and O–H groups in total. The highest BCUT2D eigenvalue weighted by Gasteiger charge is 2.49. The summed E-state index contributed by atoms with van der Waals surface area (Å²) in [7, 11) is 4.08. The number of ether oxygens (including phenoxy) is 1. The van der Waals surface area contributed by atoms with Gasteiger partial charge in [-0.3, -0.25) is 9.69 Å². The number of para-hydroxylation sites is 1. The molecule has 0 spiro atoms. The Hall–Kier alpha value is -2.59. The maximum atomic E-state index is 13.1. The van der Waals surface area contributed by atoms with Crippen LogP contribution in [0.15, 0.2) is 54.6 Å². The number of carbonyl (C=O) groups excluding carboxylic acids is 1. The van der Waals surface area contributed by atoms with Gasteiger partial charge in [0, 0.05) is 22.5 Å². The standard InChI is InChI=1S/C23H26N2O2/c1-5-27-23(26)20-19(16-11-7-6-8-12-16)21-15(2)17-13-9-10-14-18(17)25(21)22(20)24(3)4/h6-14,19-20,22H,5H2,1-4H3/t19-,20-,22-/m0/s1. The highest BCUT2D eigenvalue weighted by molar-refractivity contribution is 5.88. The number of fused-ring (bicyclic) bond motifs is 3. The summed E-state index contributed by atoms with van der Waals surface area (Å²) in [6.45, 7) is 4.44. The monoisotopic (exact) mass is 362 g/mol. The maximum absolute atomic E-state index is 13.1. The van der Waals surface area contributed by atoms with Gasteiger partial charge in [-0.05, 0) is 45.1 Å². The van der Waals surface area contributed by atoms with Crippen molar-refractivity contribution >= 4 is 16.9 Å². The Balaban J connectivity index is 2.02. The normalized spacial score (nSPS) is 21.6. The van der Waals surface area contributed by atoms with Crippen LogP contribution in [-0.2, 0) is 9.53 Å². The molecule has 4 rings (SSSR count). The van der Waals surface area contributed by atoms with Crippen LogP contribution < -0.4 is 0 Å². The highest BCUT2D eigenvalue weighted by Crippen LogP contribution is 2.51. The van der Waals surface area contributed by atoms with E-state index < -0.39 is 0 Å². The maximum Gasteiger partial charge on any atom is 0.313 e. The van der Waals surface area contributed by atoms with Crippen molar-refractivity contribution in [3.63, 3.8) is 0 Å². The molecule has 1 aliphatic heterocycles. The molecule has 3 atom stereocenters. The molecule has 140 valence electrons. The molecule has 27 heavy (non-hydrogen) atoms. The first-order chi connectivity index (χ1) is 13.1. The quantitative estimate of drug-likeness (QED) is 0.648. The van der Waals surface area contributed by atoms with Crippen molar-refractivity contribution < 1.29 is 9.53 Å². The molecular weight excluding hydrogens is 336 g/mol. The minimum atomic E-state index is -0.277. The van der Waals surface area contributed by atoms with Gasteiger partial charge in [0.05, 0.1) is 6.61 Å². The Kier molecular flexibility index (Phi) is 4.52. The molecule has 2 heterocycles. The van der Waals surface area contributed by atoms with Crippen LogP contribution in [-0.4, -0.2) is 36.1 Å². The predicted octanol–water partition coefficient (Wildman–Crippen LogP) is 4.33. The number of nitrogens with zero attached hydrogens (tertiary/aromatic N) is 2. The van der Waals surface area contributed by atoms with Gasteiger partial charge in [0.15, 0.2) is 0 Å². The van der Waals surface area contributed by atoms with Gasteiger partial charge in [-0.1, -0.05) is 48.5 Å². The van der Waals surface area contributed by atoms with Crippen molar-refractivity contribution in [2.24, 2.45) is 5.92 Å². The molecule has 0 amide bonds. The van der Waals surface area contributed by atoms with Gasteiger partial charge in [-0.25, -0.2) is 0 Å². The van der Waals surface area contributed by atoms with Crippen molar-refractivity contribution in [3.8, 4) is 0 Å². The Morgan fingerprint density at radius 2 is 1.74 bits per heavy atom. The summed E-state index contributed by atoms with van der Waals surface area (Å²) in [5.74, 6) is -0.428. The smallest absolute Gasteiger partial charge is 0.313 e. The first-order valence-corrected chi connectivity index (χ1v) is 9.53. The van der Waals surface area contributed by atoms with E-state index in [-0.39, 0.29) is 24.0 Å². The number of hydrogen-bond donors (Lipinski definition) is 0. The van der Waals surface area contributed by atoms with E-state index in [0.29, 0.717) is 6.61 Å². The van der Waals surface area contributed by atoms with Gasteiger partial charge in [0.1, 0.15) is 12.1 Å². The zero-order valence-corrected chi connectivity index (χ0v) is 16.3. The van der Waals surface area contributed by atoms with Gasteiger partial charge >= 0.3 is 5.97 Å². The van der Waals surface area contributed by atoms with E-state index in [1.54, 1.807) is 0 Å². The molecule has 0 bridgehead atoms. The van der Waals surface area contributed by atoms with Crippen molar-refractivity contribution in [1.82, 2.24) is 9.47 Å². The molecule has 3 aromatic rings. The van der Waals surface area contributed by atoms with Crippen LogP contribution in [0.5, 0.6) is 0 Å². The fourth-order valence-corrected chi connectivity index (χ4v) is 4.69.